The Kier molecular flexibility index (Phi) is 7.91. The van der Waals surface area contributed by atoms with E-state index < -0.39 is 0 Å². The minimum Gasteiger partial charge on any atom is -0.493 e. The van der Waals surface area contributed by atoms with Gasteiger partial charge in [-0.25, -0.2) is 0 Å². The zero-order valence-corrected chi connectivity index (χ0v) is 18.2. The Bertz CT molecular complexity index is 878. The van der Waals surface area contributed by atoms with Gasteiger partial charge in [0.25, 0.3) is 5.91 Å². The molecule has 0 spiro atoms. The highest BCUT2D eigenvalue weighted by Crippen LogP contribution is 2.36. The number of methoxy groups -OCH3 is 1. The van der Waals surface area contributed by atoms with Crippen LogP contribution >= 0.6 is 11.6 Å². The molecule has 2 rings (SSSR count). The third-order valence-corrected chi connectivity index (χ3v) is 4.68. The maximum absolute atomic E-state index is 12.8. The van der Waals surface area contributed by atoms with E-state index in [-0.39, 0.29) is 23.4 Å². The third-order valence-electron chi connectivity index (χ3n) is 4.40. The van der Waals surface area contributed by atoms with Crippen LogP contribution < -0.4 is 14.8 Å². The standard InChI is InChI=1S/C22H27ClN2O4/c1-6-10-29-21-17(23)11-16(12-18(21)28-5)22(27)25(4)13-19(26)24-20-14(2)8-7-9-15(20)3/h7-9,11-12H,6,10,13H2,1-5H3,(H,24,26). The van der Waals surface area contributed by atoms with Crippen LogP contribution in [0.1, 0.15) is 34.8 Å². The lowest BCUT2D eigenvalue weighted by Gasteiger charge is -2.19. The van der Waals surface area contributed by atoms with Crippen molar-refractivity contribution in [3.8, 4) is 11.5 Å². The number of nitrogens with zero attached hydrogens (tertiary/aromatic N) is 1. The SMILES string of the molecule is CCCOc1c(Cl)cc(C(=O)N(C)CC(=O)Nc2c(C)cccc2C)cc1OC. The molecule has 7 heteroatoms. The van der Waals surface area contributed by atoms with Gasteiger partial charge in [-0.15, -0.1) is 0 Å². The molecule has 0 aliphatic carbocycles. The molecule has 0 saturated carbocycles. The summed E-state index contributed by atoms with van der Waals surface area (Å²) in [6.45, 7) is 6.22. The van der Waals surface area contributed by atoms with E-state index in [0.29, 0.717) is 23.7 Å². The van der Waals surface area contributed by atoms with Crippen molar-refractivity contribution >= 4 is 29.1 Å². The summed E-state index contributed by atoms with van der Waals surface area (Å²) < 4.78 is 10.9. The number of carbonyl (C=O) groups is 2. The fourth-order valence-electron chi connectivity index (χ4n) is 2.89. The van der Waals surface area contributed by atoms with Crippen LogP contribution in [0.4, 0.5) is 5.69 Å². The molecule has 0 aliphatic heterocycles. The first-order valence-corrected chi connectivity index (χ1v) is 9.78. The summed E-state index contributed by atoms with van der Waals surface area (Å²) in [5.41, 5.74) is 3.01. The van der Waals surface area contributed by atoms with E-state index in [0.717, 1.165) is 23.2 Å². The van der Waals surface area contributed by atoms with E-state index in [1.54, 1.807) is 13.1 Å². The summed E-state index contributed by atoms with van der Waals surface area (Å²) in [6.07, 6.45) is 0.818. The molecule has 0 saturated heterocycles. The highest BCUT2D eigenvalue weighted by molar-refractivity contribution is 6.32. The number of halogens is 1. The molecule has 2 amide bonds. The Morgan fingerprint density at radius 1 is 1.17 bits per heavy atom. The van der Waals surface area contributed by atoms with E-state index in [2.05, 4.69) is 5.32 Å². The summed E-state index contributed by atoms with van der Waals surface area (Å²) >= 11 is 6.29. The number of anilines is 1. The second-order valence-corrected chi connectivity index (χ2v) is 7.22. The lowest BCUT2D eigenvalue weighted by atomic mass is 10.1. The van der Waals surface area contributed by atoms with Gasteiger partial charge >= 0.3 is 0 Å². The van der Waals surface area contributed by atoms with Crippen molar-refractivity contribution in [2.75, 3.05) is 32.6 Å². The highest BCUT2D eigenvalue weighted by atomic mass is 35.5. The van der Waals surface area contributed by atoms with Crippen LogP contribution in [0, 0.1) is 13.8 Å². The van der Waals surface area contributed by atoms with Crippen molar-refractivity contribution in [2.24, 2.45) is 0 Å². The molecule has 0 aliphatic rings. The van der Waals surface area contributed by atoms with Gasteiger partial charge in [-0.3, -0.25) is 9.59 Å². The maximum Gasteiger partial charge on any atom is 0.254 e. The number of carbonyl (C=O) groups excluding carboxylic acids is 2. The van der Waals surface area contributed by atoms with Gasteiger partial charge in [0.05, 0.1) is 25.3 Å². The minimum atomic E-state index is -0.344. The summed E-state index contributed by atoms with van der Waals surface area (Å²) in [5, 5.41) is 3.16. The summed E-state index contributed by atoms with van der Waals surface area (Å²) in [4.78, 5) is 26.6. The lowest BCUT2D eigenvalue weighted by molar-refractivity contribution is -0.116. The van der Waals surface area contributed by atoms with Crippen molar-refractivity contribution in [1.29, 1.82) is 0 Å². The first-order chi connectivity index (χ1) is 13.8. The summed E-state index contributed by atoms with van der Waals surface area (Å²) in [7, 11) is 3.05. The molecule has 29 heavy (non-hydrogen) atoms. The molecule has 0 fully saturated rings. The van der Waals surface area contributed by atoms with Crippen molar-refractivity contribution < 1.29 is 19.1 Å². The second-order valence-electron chi connectivity index (χ2n) is 6.81. The molecule has 0 aromatic heterocycles. The van der Waals surface area contributed by atoms with Gasteiger partial charge in [-0.1, -0.05) is 36.7 Å². The number of nitrogens with one attached hydrogen (secondary N) is 1. The molecule has 6 nitrogen and oxygen atoms in total. The van der Waals surface area contributed by atoms with Gasteiger partial charge in [-0.05, 0) is 43.5 Å². The first kappa shape index (κ1) is 22.6. The van der Waals surface area contributed by atoms with Crippen molar-refractivity contribution in [2.45, 2.75) is 27.2 Å². The summed E-state index contributed by atoms with van der Waals surface area (Å²) in [6, 6.07) is 8.87. The van der Waals surface area contributed by atoms with Crippen LogP contribution in [-0.4, -0.2) is 44.0 Å². The fourth-order valence-corrected chi connectivity index (χ4v) is 3.15. The maximum atomic E-state index is 12.8. The largest absolute Gasteiger partial charge is 0.493 e. The molecule has 2 aromatic rings. The van der Waals surface area contributed by atoms with Gasteiger partial charge < -0.3 is 19.7 Å². The number of benzene rings is 2. The molecule has 0 atom stereocenters. The van der Waals surface area contributed by atoms with E-state index >= 15 is 0 Å². The molecular weight excluding hydrogens is 392 g/mol. The molecule has 156 valence electrons. The van der Waals surface area contributed by atoms with Crippen LogP contribution in [0.15, 0.2) is 30.3 Å². The van der Waals surface area contributed by atoms with E-state index in [1.165, 1.54) is 18.1 Å². The van der Waals surface area contributed by atoms with Crippen LogP contribution in [-0.2, 0) is 4.79 Å². The Morgan fingerprint density at radius 2 is 1.83 bits per heavy atom. The van der Waals surface area contributed by atoms with Crippen molar-refractivity contribution in [3.05, 3.63) is 52.0 Å². The minimum absolute atomic E-state index is 0.0966. The average Bonchev–Trinajstić information content (AvgIpc) is 2.68. The third kappa shape index (κ3) is 5.64. The van der Waals surface area contributed by atoms with Gasteiger partial charge in [0.15, 0.2) is 11.5 Å². The van der Waals surface area contributed by atoms with Crippen LogP contribution in [0.5, 0.6) is 11.5 Å². The Morgan fingerprint density at radius 3 is 2.41 bits per heavy atom. The molecular formula is C22H27ClN2O4. The number of hydrogen-bond acceptors (Lipinski definition) is 4. The quantitative estimate of drug-likeness (QED) is 0.687. The molecule has 0 bridgehead atoms. The van der Waals surface area contributed by atoms with Gasteiger partial charge in [0, 0.05) is 18.3 Å². The van der Waals surface area contributed by atoms with E-state index in [1.807, 2.05) is 39.0 Å². The number of aryl methyl sites for hydroxylation is 2. The molecule has 0 heterocycles. The number of ether oxygens (including phenoxy) is 2. The smallest absolute Gasteiger partial charge is 0.254 e. The number of rotatable bonds is 8. The predicted octanol–water partition coefficient (Wildman–Crippen LogP) is 4.46. The number of para-hydroxylation sites is 1. The molecule has 2 aromatic carbocycles. The summed E-state index contributed by atoms with van der Waals surface area (Å²) in [5.74, 6) is 0.161. The molecule has 0 radical (unpaired) electrons. The lowest BCUT2D eigenvalue weighted by Crippen LogP contribution is -2.35. The average molecular weight is 419 g/mol. The number of likely N-dealkylation sites (N-methyl/N-ethyl adjacent to an activating group) is 1. The topological polar surface area (TPSA) is 67.9 Å². The molecule has 0 unspecified atom stereocenters. The zero-order chi connectivity index (χ0) is 21.6. The van der Waals surface area contributed by atoms with E-state index in [4.69, 9.17) is 21.1 Å². The first-order valence-electron chi connectivity index (χ1n) is 9.40. The predicted molar refractivity (Wildman–Crippen MR) is 115 cm³/mol. The zero-order valence-electron chi connectivity index (χ0n) is 17.5. The van der Waals surface area contributed by atoms with Crippen LogP contribution in [0.25, 0.3) is 0 Å². The van der Waals surface area contributed by atoms with Crippen LogP contribution in [0.2, 0.25) is 5.02 Å². The Balaban J connectivity index is 2.13. The monoisotopic (exact) mass is 418 g/mol. The fraction of sp³-hybridized carbons (Fsp3) is 0.364. The highest BCUT2D eigenvalue weighted by Gasteiger charge is 2.20. The Labute approximate surface area is 176 Å². The van der Waals surface area contributed by atoms with Crippen LogP contribution in [0.3, 0.4) is 0 Å². The van der Waals surface area contributed by atoms with Crippen molar-refractivity contribution in [3.63, 3.8) is 0 Å². The molecule has 1 N–H and O–H groups in total. The number of hydrogen-bond donors (Lipinski definition) is 1. The normalized spacial score (nSPS) is 10.4. The van der Waals surface area contributed by atoms with Gasteiger partial charge in [-0.2, -0.15) is 0 Å². The van der Waals surface area contributed by atoms with Crippen molar-refractivity contribution in [1.82, 2.24) is 4.90 Å². The second kappa shape index (κ2) is 10.2. The van der Waals surface area contributed by atoms with Gasteiger partial charge in [0.1, 0.15) is 0 Å². The number of amides is 2. The van der Waals surface area contributed by atoms with E-state index in [9.17, 15) is 9.59 Å². The van der Waals surface area contributed by atoms with Gasteiger partial charge in [0.2, 0.25) is 5.91 Å². The Hall–Kier alpha value is -2.73.